The van der Waals surface area contributed by atoms with E-state index in [2.05, 4.69) is 31.9 Å². The first-order chi connectivity index (χ1) is 8.99. The molecule has 0 aromatic heterocycles. The third-order valence-corrected chi connectivity index (χ3v) is 4.06. The minimum atomic E-state index is 0.271. The van der Waals surface area contributed by atoms with Crippen LogP contribution in [0, 0.1) is 0 Å². The van der Waals surface area contributed by atoms with Crippen molar-refractivity contribution < 1.29 is 4.74 Å². The fourth-order valence-electron chi connectivity index (χ4n) is 1.50. The summed E-state index contributed by atoms with van der Waals surface area (Å²) >= 11 is 17.7. The van der Waals surface area contributed by atoms with Crippen molar-refractivity contribution in [2.24, 2.45) is 5.73 Å². The molecule has 0 saturated heterocycles. The number of rotatable bonds is 3. The summed E-state index contributed by atoms with van der Waals surface area (Å²) in [5, 5.41) is 0.628. The van der Waals surface area contributed by atoms with Crippen LogP contribution < -0.4 is 10.5 Å². The lowest BCUT2D eigenvalue weighted by Crippen LogP contribution is -2.11. The number of hydrogen-bond acceptors (Lipinski definition) is 2. The van der Waals surface area contributed by atoms with Crippen molar-refractivity contribution >= 4 is 60.7 Å². The van der Waals surface area contributed by atoms with Gasteiger partial charge in [0.1, 0.15) is 16.5 Å². The molecule has 2 aromatic rings. The topological polar surface area (TPSA) is 35.2 Å². The lowest BCUT2D eigenvalue weighted by molar-refractivity contribution is 0.478. The molecule has 0 bridgehead atoms. The lowest BCUT2D eigenvalue weighted by Gasteiger charge is -2.13. The zero-order chi connectivity index (χ0) is 14.0. The summed E-state index contributed by atoms with van der Waals surface area (Å²) in [5.41, 5.74) is 6.39. The van der Waals surface area contributed by atoms with Gasteiger partial charge in [-0.2, -0.15) is 0 Å². The molecule has 0 fully saturated rings. The van der Waals surface area contributed by atoms with E-state index in [0.717, 1.165) is 8.95 Å². The number of nitrogens with two attached hydrogens (primary N) is 1. The van der Waals surface area contributed by atoms with E-state index < -0.39 is 0 Å². The molecule has 2 nitrogen and oxygen atoms in total. The molecule has 0 unspecified atom stereocenters. The van der Waals surface area contributed by atoms with Gasteiger partial charge in [0.2, 0.25) is 0 Å². The zero-order valence-corrected chi connectivity index (χ0v) is 14.2. The second-order valence-electron chi connectivity index (χ2n) is 3.65. The van der Waals surface area contributed by atoms with Crippen LogP contribution in [0.25, 0.3) is 0 Å². The standard InChI is InChI=1S/C13H8Br2ClNOS/c14-8-2-1-3-11(12(8)13(17)19)18-10-5-4-7(16)6-9(10)15/h1-6H,(H2,17,19). The van der Waals surface area contributed by atoms with E-state index in [0.29, 0.717) is 22.1 Å². The Morgan fingerprint density at radius 3 is 2.47 bits per heavy atom. The number of ether oxygens (including phenoxy) is 1. The van der Waals surface area contributed by atoms with Gasteiger partial charge in [-0.15, -0.1) is 0 Å². The van der Waals surface area contributed by atoms with Gasteiger partial charge >= 0.3 is 0 Å². The first-order valence-electron chi connectivity index (χ1n) is 5.20. The van der Waals surface area contributed by atoms with E-state index in [9.17, 15) is 0 Å². The molecule has 6 heteroatoms. The maximum atomic E-state index is 5.89. The molecule has 2 rings (SSSR count). The fraction of sp³-hybridized carbons (Fsp3) is 0. The van der Waals surface area contributed by atoms with Gasteiger partial charge < -0.3 is 10.5 Å². The number of benzene rings is 2. The maximum Gasteiger partial charge on any atom is 0.141 e. The van der Waals surface area contributed by atoms with Crippen molar-refractivity contribution in [2.75, 3.05) is 0 Å². The quantitative estimate of drug-likeness (QED) is 0.684. The van der Waals surface area contributed by atoms with Crippen LogP contribution in [0.4, 0.5) is 0 Å². The van der Waals surface area contributed by atoms with Gasteiger partial charge in [0.15, 0.2) is 0 Å². The first kappa shape index (κ1) is 14.8. The molecule has 19 heavy (non-hydrogen) atoms. The summed E-state index contributed by atoms with van der Waals surface area (Å²) in [4.78, 5) is 0.271. The smallest absolute Gasteiger partial charge is 0.141 e. The Kier molecular flexibility index (Phi) is 4.84. The van der Waals surface area contributed by atoms with E-state index in [1.54, 1.807) is 24.3 Å². The molecule has 0 spiro atoms. The van der Waals surface area contributed by atoms with Crippen LogP contribution in [0.3, 0.4) is 0 Å². The highest BCUT2D eigenvalue weighted by Crippen LogP contribution is 2.35. The molecule has 0 heterocycles. The Labute approximate surface area is 138 Å². The average Bonchev–Trinajstić information content (AvgIpc) is 2.32. The molecule has 2 aromatic carbocycles. The van der Waals surface area contributed by atoms with Gasteiger partial charge in [-0.1, -0.05) is 29.9 Å². The monoisotopic (exact) mass is 419 g/mol. The van der Waals surface area contributed by atoms with Crippen molar-refractivity contribution in [1.82, 2.24) is 0 Å². The van der Waals surface area contributed by atoms with Gasteiger partial charge in [-0.25, -0.2) is 0 Å². The minimum absolute atomic E-state index is 0.271. The van der Waals surface area contributed by atoms with E-state index >= 15 is 0 Å². The minimum Gasteiger partial charge on any atom is -0.455 e. The molecule has 0 aliphatic rings. The van der Waals surface area contributed by atoms with Crippen LogP contribution in [0.15, 0.2) is 45.3 Å². The van der Waals surface area contributed by atoms with Crippen LogP contribution >= 0.6 is 55.7 Å². The molecule has 0 aliphatic carbocycles. The van der Waals surface area contributed by atoms with Crippen LogP contribution in [0.5, 0.6) is 11.5 Å². The van der Waals surface area contributed by atoms with Gasteiger partial charge in [-0.3, -0.25) is 0 Å². The van der Waals surface area contributed by atoms with E-state index in [1.165, 1.54) is 0 Å². The highest BCUT2D eigenvalue weighted by molar-refractivity contribution is 9.10. The average molecular weight is 422 g/mol. The summed E-state index contributed by atoms with van der Waals surface area (Å²) in [7, 11) is 0. The Morgan fingerprint density at radius 2 is 1.84 bits per heavy atom. The maximum absolute atomic E-state index is 5.89. The van der Waals surface area contributed by atoms with Crippen LogP contribution in [-0.4, -0.2) is 4.99 Å². The van der Waals surface area contributed by atoms with Crippen LogP contribution in [0.1, 0.15) is 5.56 Å². The van der Waals surface area contributed by atoms with Crippen molar-refractivity contribution in [3.8, 4) is 11.5 Å². The summed E-state index contributed by atoms with van der Waals surface area (Å²) in [6.45, 7) is 0. The molecule has 98 valence electrons. The van der Waals surface area contributed by atoms with Crippen LogP contribution in [0.2, 0.25) is 5.02 Å². The third-order valence-electron chi connectivity index (χ3n) is 2.34. The summed E-state index contributed by atoms with van der Waals surface area (Å²) in [6, 6.07) is 10.8. The predicted octanol–water partition coefficient (Wildman–Crippen LogP) is 5.29. The Hall–Kier alpha value is -0.620. The normalized spacial score (nSPS) is 10.3. The molecule has 0 radical (unpaired) electrons. The molecule has 0 aliphatic heterocycles. The second-order valence-corrected chi connectivity index (χ2v) is 6.24. The zero-order valence-electron chi connectivity index (χ0n) is 9.49. The molecule has 0 saturated carbocycles. The number of hydrogen-bond donors (Lipinski definition) is 1. The van der Waals surface area contributed by atoms with Crippen LogP contribution in [-0.2, 0) is 0 Å². The Bertz CT molecular complexity index is 649. The Balaban J connectivity index is 2.44. The van der Waals surface area contributed by atoms with Crippen molar-refractivity contribution in [2.45, 2.75) is 0 Å². The van der Waals surface area contributed by atoms with E-state index in [1.807, 2.05) is 12.1 Å². The number of thiocarbonyl (C=S) groups is 1. The SMILES string of the molecule is NC(=S)c1c(Br)cccc1Oc1ccc(Cl)cc1Br. The summed E-state index contributed by atoms with van der Waals surface area (Å²) in [5.74, 6) is 1.23. The molecular weight excluding hydrogens is 413 g/mol. The molecule has 2 N–H and O–H groups in total. The second kappa shape index (κ2) is 6.22. The highest BCUT2D eigenvalue weighted by atomic mass is 79.9. The molecule has 0 atom stereocenters. The summed E-state index contributed by atoms with van der Waals surface area (Å²) < 4.78 is 7.39. The molecular formula is C13H8Br2ClNOS. The van der Waals surface area contributed by atoms with Gasteiger partial charge in [0, 0.05) is 9.50 Å². The van der Waals surface area contributed by atoms with Crippen molar-refractivity contribution in [3.05, 3.63) is 55.9 Å². The number of halogens is 3. The van der Waals surface area contributed by atoms with Gasteiger partial charge in [-0.05, 0) is 62.2 Å². The van der Waals surface area contributed by atoms with E-state index in [4.69, 9.17) is 34.3 Å². The first-order valence-corrected chi connectivity index (χ1v) is 7.57. The van der Waals surface area contributed by atoms with Gasteiger partial charge in [0.05, 0.1) is 10.0 Å². The predicted molar refractivity (Wildman–Crippen MR) is 89.3 cm³/mol. The van der Waals surface area contributed by atoms with Crippen molar-refractivity contribution in [3.63, 3.8) is 0 Å². The fourth-order valence-corrected chi connectivity index (χ4v) is 3.17. The van der Waals surface area contributed by atoms with Gasteiger partial charge in [0.25, 0.3) is 0 Å². The highest BCUT2D eigenvalue weighted by Gasteiger charge is 2.12. The van der Waals surface area contributed by atoms with Crippen molar-refractivity contribution in [1.29, 1.82) is 0 Å². The lowest BCUT2D eigenvalue weighted by atomic mass is 10.2. The third kappa shape index (κ3) is 3.48. The Morgan fingerprint density at radius 1 is 1.11 bits per heavy atom. The largest absolute Gasteiger partial charge is 0.455 e. The van der Waals surface area contributed by atoms with E-state index in [-0.39, 0.29) is 4.99 Å². The molecule has 0 amide bonds. The summed E-state index contributed by atoms with van der Waals surface area (Å²) in [6.07, 6.45) is 0.